The van der Waals surface area contributed by atoms with E-state index in [2.05, 4.69) is 30.1 Å². The molecule has 3 aliphatic heterocycles. The zero-order valence-electron chi connectivity index (χ0n) is 19.9. The van der Waals surface area contributed by atoms with Gasteiger partial charge in [-0.25, -0.2) is 4.79 Å². The molecule has 2 fully saturated rings. The maximum absolute atomic E-state index is 13.1. The molecule has 8 heteroatoms. The van der Waals surface area contributed by atoms with Gasteiger partial charge in [-0.1, -0.05) is 19.9 Å². The van der Waals surface area contributed by atoms with Crippen molar-refractivity contribution in [2.24, 2.45) is 28.0 Å². The number of fused-ring (bicyclic) bond motifs is 1. The lowest BCUT2D eigenvalue weighted by Gasteiger charge is -2.27. The molecule has 1 aliphatic carbocycles. The molecule has 34 heavy (non-hydrogen) atoms. The molecule has 3 atom stereocenters. The van der Waals surface area contributed by atoms with Gasteiger partial charge in [0.05, 0.1) is 23.9 Å². The minimum Gasteiger partial charge on any atom is -0.445 e. The van der Waals surface area contributed by atoms with Gasteiger partial charge < -0.3 is 14.5 Å². The molecule has 0 radical (unpaired) electrons. The van der Waals surface area contributed by atoms with Gasteiger partial charge in [0.1, 0.15) is 6.61 Å². The van der Waals surface area contributed by atoms with Crippen LogP contribution < -0.4 is 0 Å². The molecule has 3 heterocycles. The Hall–Kier alpha value is -3.21. The second-order valence-corrected chi connectivity index (χ2v) is 10.3. The summed E-state index contributed by atoms with van der Waals surface area (Å²) in [6, 6.07) is 7.68. The van der Waals surface area contributed by atoms with Crippen molar-refractivity contribution in [3.8, 4) is 6.07 Å². The second kappa shape index (κ2) is 9.21. The third-order valence-electron chi connectivity index (χ3n) is 7.75. The number of azo groups is 1. The van der Waals surface area contributed by atoms with Crippen molar-refractivity contribution in [3.05, 3.63) is 46.2 Å². The standard InChI is InChI=1S/C26H31N5O3/c1-16(2)23-7-17(9-27)3-4-20(23)15-34-26(33)31-13-21-11-30(12-22(21)14-31)25(32)18-5-6-19-10-28-29-24(19)8-18/h3-4,7,16,18,21-22H,5-6,8,10-15H2,1-2H3/t18-,21+,22+/m1/s1. The number of nitrogens with zero attached hydrogens (tertiary/aromatic N) is 5. The minimum absolute atomic E-state index is 0.0123. The molecule has 5 rings (SSSR count). The molecule has 0 spiro atoms. The van der Waals surface area contributed by atoms with E-state index in [0.717, 1.165) is 36.1 Å². The molecule has 1 aromatic rings. The van der Waals surface area contributed by atoms with Crippen LogP contribution in [0.4, 0.5) is 4.79 Å². The summed E-state index contributed by atoms with van der Waals surface area (Å²) >= 11 is 0. The molecule has 178 valence electrons. The van der Waals surface area contributed by atoms with Crippen LogP contribution in [0.5, 0.6) is 0 Å². The number of nitriles is 1. The number of allylic oxidation sites excluding steroid dienone is 1. The lowest BCUT2D eigenvalue weighted by Crippen LogP contribution is -2.39. The lowest BCUT2D eigenvalue weighted by molar-refractivity contribution is -0.135. The van der Waals surface area contributed by atoms with Crippen molar-refractivity contribution in [2.75, 3.05) is 32.7 Å². The number of benzene rings is 1. The van der Waals surface area contributed by atoms with Crippen molar-refractivity contribution >= 4 is 12.0 Å². The first kappa shape index (κ1) is 22.6. The highest BCUT2D eigenvalue weighted by atomic mass is 16.6. The molecule has 0 aromatic heterocycles. The molecule has 1 aromatic carbocycles. The van der Waals surface area contributed by atoms with Crippen LogP contribution in [0.25, 0.3) is 0 Å². The molecule has 0 unspecified atom stereocenters. The first-order chi connectivity index (χ1) is 16.4. The number of carbonyl (C=O) groups excluding carboxylic acids is 2. The number of carbonyl (C=O) groups is 2. The van der Waals surface area contributed by atoms with E-state index < -0.39 is 0 Å². The molecule has 8 nitrogen and oxygen atoms in total. The second-order valence-electron chi connectivity index (χ2n) is 10.3. The van der Waals surface area contributed by atoms with Gasteiger partial charge in [-0.15, -0.1) is 0 Å². The van der Waals surface area contributed by atoms with E-state index in [-0.39, 0.29) is 30.4 Å². The molecular formula is C26H31N5O3. The first-order valence-corrected chi connectivity index (χ1v) is 12.2. The van der Waals surface area contributed by atoms with Gasteiger partial charge in [0.25, 0.3) is 0 Å². The molecule has 4 aliphatic rings. The maximum Gasteiger partial charge on any atom is 0.410 e. The Morgan fingerprint density at radius 3 is 2.62 bits per heavy atom. The zero-order chi connectivity index (χ0) is 23.8. The van der Waals surface area contributed by atoms with Gasteiger partial charge >= 0.3 is 6.09 Å². The summed E-state index contributed by atoms with van der Waals surface area (Å²) in [4.78, 5) is 29.7. The van der Waals surface area contributed by atoms with E-state index in [4.69, 9.17) is 10.00 Å². The summed E-state index contributed by atoms with van der Waals surface area (Å²) in [5.74, 6) is 1.10. The Labute approximate surface area is 200 Å². The van der Waals surface area contributed by atoms with Crippen molar-refractivity contribution in [2.45, 2.75) is 45.6 Å². The summed E-state index contributed by atoms with van der Waals surface area (Å²) in [6.07, 6.45) is 2.23. The van der Waals surface area contributed by atoms with Gasteiger partial charge in [0.15, 0.2) is 0 Å². The van der Waals surface area contributed by atoms with Crippen LogP contribution in [0, 0.1) is 29.1 Å². The van der Waals surface area contributed by atoms with Gasteiger partial charge in [0, 0.05) is 50.4 Å². The average molecular weight is 462 g/mol. The minimum atomic E-state index is -0.301. The fourth-order valence-corrected chi connectivity index (χ4v) is 5.82. The van der Waals surface area contributed by atoms with Crippen LogP contribution in [-0.4, -0.2) is 54.5 Å². The van der Waals surface area contributed by atoms with E-state index in [1.807, 2.05) is 17.0 Å². The highest BCUT2D eigenvalue weighted by Crippen LogP contribution is 2.37. The van der Waals surface area contributed by atoms with Crippen molar-refractivity contribution in [3.63, 3.8) is 0 Å². The normalized spacial score (nSPS) is 25.5. The fourth-order valence-electron chi connectivity index (χ4n) is 5.82. The van der Waals surface area contributed by atoms with E-state index in [1.54, 1.807) is 11.0 Å². The lowest BCUT2D eigenvalue weighted by atomic mass is 9.87. The fraction of sp³-hybridized carbons (Fsp3) is 0.577. The van der Waals surface area contributed by atoms with Crippen molar-refractivity contribution < 1.29 is 14.3 Å². The molecule has 0 saturated carbocycles. The number of likely N-dealkylation sites (tertiary alicyclic amines) is 2. The highest BCUT2D eigenvalue weighted by Gasteiger charge is 2.45. The number of hydrogen-bond acceptors (Lipinski definition) is 6. The smallest absolute Gasteiger partial charge is 0.410 e. The predicted molar refractivity (Wildman–Crippen MR) is 125 cm³/mol. The van der Waals surface area contributed by atoms with Gasteiger partial charge in [-0.2, -0.15) is 15.5 Å². The zero-order valence-corrected chi connectivity index (χ0v) is 19.9. The summed E-state index contributed by atoms with van der Waals surface area (Å²) in [5, 5.41) is 17.5. The topological polar surface area (TPSA) is 98.4 Å². The SMILES string of the molecule is CC(C)c1cc(C#N)ccc1COC(=O)N1C[C@@H]2CN(C(=O)[C@@H]3CCC4=C(C3)N=NC4)C[C@H]2C1. The van der Waals surface area contributed by atoms with Crippen LogP contribution in [0.3, 0.4) is 0 Å². The number of amides is 2. The van der Waals surface area contributed by atoms with Gasteiger partial charge in [0.2, 0.25) is 5.91 Å². The van der Waals surface area contributed by atoms with Crippen LogP contribution in [0.1, 0.15) is 55.7 Å². The van der Waals surface area contributed by atoms with Gasteiger partial charge in [-0.3, -0.25) is 4.79 Å². The highest BCUT2D eigenvalue weighted by molar-refractivity contribution is 5.80. The number of rotatable bonds is 4. The van der Waals surface area contributed by atoms with Crippen LogP contribution >= 0.6 is 0 Å². The molecule has 0 N–H and O–H groups in total. The Morgan fingerprint density at radius 2 is 1.91 bits per heavy atom. The molecular weight excluding hydrogens is 430 g/mol. The van der Waals surface area contributed by atoms with Crippen LogP contribution in [0.15, 0.2) is 39.7 Å². The molecule has 2 amide bonds. The van der Waals surface area contributed by atoms with Crippen LogP contribution in [-0.2, 0) is 16.1 Å². The van der Waals surface area contributed by atoms with Gasteiger partial charge in [-0.05, 0) is 47.6 Å². The van der Waals surface area contributed by atoms with E-state index in [9.17, 15) is 9.59 Å². The Kier molecular flexibility index (Phi) is 6.11. The summed E-state index contributed by atoms with van der Waals surface area (Å²) < 4.78 is 5.65. The van der Waals surface area contributed by atoms with E-state index >= 15 is 0 Å². The summed E-state index contributed by atoms with van der Waals surface area (Å²) in [6.45, 7) is 7.73. The Morgan fingerprint density at radius 1 is 1.18 bits per heavy atom. The number of ether oxygens (including phenoxy) is 1. The number of hydrogen-bond donors (Lipinski definition) is 0. The third kappa shape index (κ3) is 4.31. The summed E-state index contributed by atoms with van der Waals surface area (Å²) in [7, 11) is 0. The quantitative estimate of drug-likeness (QED) is 0.670. The maximum atomic E-state index is 13.1. The van der Waals surface area contributed by atoms with Crippen molar-refractivity contribution in [1.29, 1.82) is 5.26 Å². The average Bonchev–Trinajstić information content (AvgIpc) is 3.56. The first-order valence-electron chi connectivity index (χ1n) is 12.2. The summed E-state index contributed by atoms with van der Waals surface area (Å²) in [5.41, 5.74) is 4.91. The predicted octanol–water partition coefficient (Wildman–Crippen LogP) is 4.23. The van der Waals surface area contributed by atoms with E-state index in [0.29, 0.717) is 50.1 Å². The Bertz CT molecular complexity index is 1090. The van der Waals surface area contributed by atoms with Crippen LogP contribution in [0.2, 0.25) is 0 Å². The third-order valence-corrected chi connectivity index (χ3v) is 7.75. The Balaban J connectivity index is 1.13. The van der Waals surface area contributed by atoms with E-state index in [1.165, 1.54) is 5.57 Å². The molecule has 0 bridgehead atoms. The monoisotopic (exact) mass is 461 g/mol. The van der Waals surface area contributed by atoms with Crippen molar-refractivity contribution in [1.82, 2.24) is 9.80 Å². The molecule has 2 saturated heterocycles. The largest absolute Gasteiger partial charge is 0.445 e.